The van der Waals surface area contributed by atoms with Crippen LogP contribution in [0.4, 0.5) is 4.39 Å². The van der Waals surface area contributed by atoms with Gasteiger partial charge in [-0.2, -0.15) is 0 Å². The van der Waals surface area contributed by atoms with Gasteiger partial charge in [0.1, 0.15) is 5.82 Å². The van der Waals surface area contributed by atoms with Gasteiger partial charge < -0.3 is 0 Å². The number of rotatable bonds is 3. The Labute approximate surface area is 91.1 Å². The number of hydrogen-bond donors (Lipinski definition) is 0. The molecule has 1 unspecified atom stereocenters. The van der Waals surface area contributed by atoms with Crippen molar-refractivity contribution in [3.8, 4) is 0 Å². The van der Waals surface area contributed by atoms with Crippen LogP contribution in [-0.4, -0.2) is 14.2 Å². The maximum absolute atomic E-state index is 12.5. The quantitative estimate of drug-likeness (QED) is 0.616. The highest BCUT2D eigenvalue weighted by Crippen LogP contribution is 2.23. The smallest absolute Gasteiger partial charge is 0.212 e. The van der Waals surface area contributed by atoms with Gasteiger partial charge in [-0.3, -0.25) is 0 Å². The summed E-state index contributed by atoms with van der Waals surface area (Å²) >= 11 is 5.76. The van der Waals surface area contributed by atoms with Crippen LogP contribution in [-0.2, 0) is 9.05 Å². The van der Waals surface area contributed by atoms with Crippen LogP contribution in [0.5, 0.6) is 0 Å². The van der Waals surface area contributed by atoms with Gasteiger partial charge in [0.2, 0.25) is 9.05 Å². The van der Waals surface area contributed by atoms with Crippen LogP contribution >= 0.6 is 22.3 Å². The molecule has 0 saturated heterocycles. The van der Waals surface area contributed by atoms with Gasteiger partial charge in [-0.15, -0.1) is 11.6 Å². The highest BCUT2D eigenvalue weighted by atomic mass is 35.7. The molecule has 1 aromatic carbocycles. The van der Waals surface area contributed by atoms with Gasteiger partial charge in [-0.25, -0.2) is 12.8 Å². The molecule has 0 aliphatic carbocycles. The van der Waals surface area contributed by atoms with Crippen molar-refractivity contribution in [3.05, 3.63) is 35.6 Å². The molecular formula is C8H7Cl2FO2S. The van der Waals surface area contributed by atoms with Gasteiger partial charge in [-0.1, -0.05) is 12.1 Å². The minimum atomic E-state index is -3.64. The summed E-state index contributed by atoms with van der Waals surface area (Å²) in [5.74, 6) is -0.770. The second-order valence-corrected chi connectivity index (χ2v) is 6.07. The molecule has 0 spiro atoms. The average molecular weight is 257 g/mol. The fourth-order valence-electron chi connectivity index (χ4n) is 0.943. The third kappa shape index (κ3) is 3.82. The largest absolute Gasteiger partial charge is 0.234 e. The first kappa shape index (κ1) is 11.8. The predicted octanol–water partition coefficient (Wildman–Crippen LogP) is 2.67. The van der Waals surface area contributed by atoms with E-state index in [9.17, 15) is 12.8 Å². The summed E-state index contributed by atoms with van der Waals surface area (Å²) in [6.07, 6.45) is 0. The Morgan fingerprint density at radius 3 is 2.21 bits per heavy atom. The fourth-order valence-corrected chi connectivity index (χ4v) is 2.70. The van der Waals surface area contributed by atoms with Gasteiger partial charge in [-0.05, 0) is 17.7 Å². The number of hydrogen-bond acceptors (Lipinski definition) is 2. The normalized spacial score (nSPS) is 13.9. The zero-order valence-electron chi connectivity index (χ0n) is 6.95. The van der Waals surface area contributed by atoms with Crippen molar-refractivity contribution >= 4 is 31.3 Å². The molecule has 0 saturated carbocycles. The lowest BCUT2D eigenvalue weighted by Crippen LogP contribution is -2.04. The summed E-state index contributed by atoms with van der Waals surface area (Å²) in [4.78, 5) is 0. The molecule has 78 valence electrons. The van der Waals surface area contributed by atoms with E-state index >= 15 is 0 Å². The molecule has 0 aliphatic rings. The van der Waals surface area contributed by atoms with E-state index in [-0.39, 0.29) is 5.75 Å². The van der Waals surface area contributed by atoms with Crippen molar-refractivity contribution in [2.24, 2.45) is 0 Å². The van der Waals surface area contributed by atoms with E-state index in [1.807, 2.05) is 0 Å². The molecule has 1 rings (SSSR count). The third-order valence-electron chi connectivity index (χ3n) is 1.58. The zero-order chi connectivity index (χ0) is 10.8. The second-order valence-electron chi connectivity index (χ2n) is 2.72. The van der Waals surface area contributed by atoms with Gasteiger partial charge in [0, 0.05) is 10.7 Å². The lowest BCUT2D eigenvalue weighted by molar-refractivity contribution is 0.608. The van der Waals surface area contributed by atoms with Crippen molar-refractivity contribution in [2.45, 2.75) is 5.38 Å². The number of benzene rings is 1. The van der Waals surface area contributed by atoms with Gasteiger partial charge in [0.15, 0.2) is 0 Å². The molecule has 0 aromatic heterocycles. The van der Waals surface area contributed by atoms with Crippen LogP contribution < -0.4 is 0 Å². The molecule has 0 N–H and O–H groups in total. The first-order valence-electron chi connectivity index (χ1n) is 3.70. The molecule has 0 amide bonds. The number of halogens is 3. The summed E-state index contributed by atoms with van der Waals surface area (Å²) in [6, 6.07) is 5.28. The van der Waals surface area contributed by atoms with Crippen LogP contribution in [0.3, 0.4) is 0 Å². The Bertz CT molecular complexity index is 402. The maximum atomic E-state index is 12.5. The number of alkyl halides is 1. The fraction of sp³-hybridized carbons (Fsp3) is 0.250. The van der Waals surface area contributed by atoms with E-state index in [1.165, 1.54) is 24.3 Å². The Balaban J connectivity index is 2.80. The van der Waals surface area contributed by atoms with E-state index < -0.39 is 20.2 Å². The minimum absolute atomic E-state index is 0.373. The minimum Gasteiger partial charge on any atom is -0.212 e. The van der Waals surface area contributed by atoms with E-state index in [0.717, 1.165) is 0 Å². The molecular weight excluding hydrogens is 250 g/mol. The maximum Gasteiger partial charge on any atom is 0.234 e. The van der Waals surface area contributed by atoms with Gasteiger partial charge in [0.05, 0.1) is 11.1 Å². The lowest BCUT2D eigenvalue weighted by atomic mass is 10.2. The zero-order valence-corrected chi connectivity index (χ0v) is 9.28. The van der Waals surface area contributed by atoms with Crippen LogP contribution in [0, 0.1) is 5.82 Å². The first-order valence-corrected chi connectivity index (χ1v) is 6.62. The third-order valence-corrected chi connectivity index (χ3v) is 3.28. The molecule has 1 atom stereocenters. The van der Waals surface area contributed by atoms with E-state index in [2.05, 4.69) is 0 Å². The topological polar surface area (TPSA) is 34.1 Å². The molecule has 1 aromatic rings. The van der Waals surface area contributed by atoms with E-state index in [1.54, 1.807) is 0 Å². The Hall–Kier alpha value is -0.320. The second kappa shape index (κ2) is 4.47. The summed E-state index contributed by atoms with van der Waals surface area (Å²) < 4.78 is 33.9. The van der Waals surface area contributed by atoms with E-state index in [0.29, 0.717) is 5.56 Å². The molecule has 0 radical (unpaired) electrons. The Morgan fingerprint density at radius 1 is 1.29 bits per heavy atom. The molecule has 2 nitrogen and oxygen atoms in total. The van der Waals surface area contributed by atoms with Crippen LogP contribution in [0.15, 0.2) is 24.3 Å². The Kier molecular flexibility index (Phi) is 3.75. The molecule has 14 heavy (non-hydrogen) atoms. The highest BCUT2D eigenvalue weighted by Gasteiger charge is 2.16. The van der Waals surface area contributed by atoms with Crippen molar-refractivity contribution in [2.75, 3.05) is 5.75 Å². The SMILES string of the molecule is O=S(=O)(Cl)CC(Cl)c1ccc(F)cc1. The predicted molar refractivity (Wildman–Crippen MR) is 54.6 cm³/mol. The molecule has 0 heterocycles. The summed E-state index contributed by atoms with van der Waals surface area (Å²) in [7, 11) is 1.39. The molecule has 0 bridgehead atoms. The van der Waals surface area contributed by atoms with Gasteiger partial charge >= 0.3 is 0 Å². The summed E-state index contributed by atoms with van der Waals surface area (Å²) in [5.41, 5.74) is 0.525. The van der Waals surface area contributed by atoms with Crippen LogP contribution in [0.25, 0.3) is 0 Å². The van der Waals surface area contributed by atoms with Crippen LogP contribution in [0.1, 0.15) is 10.9 Å². The molecule has 6 heteroatoms. The Morgan fingerprint density at radius 2 is 1.79 bits per heavy atom. The molecule has 0 fully saturated rings. The summed E-state index contributed by atoms with van der Waals surface area (Å²) in [6.45, 7) is 0. The van der Waals surface area contributed by atoms with E-state index in [4.69, 9.17) is 22.3 Å². The highest BCUT2D eigenvalue weighted by molar-refractivity contribution is 8.13. The first-order chi connectivity index (χ1) is 6.38. The van der Waals surface area contributed by atoms with Gasteiger partial charge in [0.25, 0.3) is 0 Å². The standard InChI is InChI=1S/C8H7Cl2FO2S/c9-8(5-14(10,12)13)6-1-3-7(11)4-2-6/h1-4,8H,5H2. The van der Waals surface area contributed by atoms with Crippen molar-refractivity contribution in [1.29, 1.82) is 0 Å². The monoisotopic (exact) mass is 256 g/mol. The van der Waals surface area contributed by atoms with Crippen molar-refractivity contribution in [3.63, 3.8) is 0 Å². The lowest BCUT2D eigenvalue weighted by Gasteiger charge is -2.06. The molecule has 0 aliphatic heterocycles. The average Bonchev–Trinajstić information content (AvgIpc) is 2.02. The van der Waals surface area contributed by atoms with Crippen LogP contribution in [0.2, 0.25) is 0 Å². The van der Waals surface area contributed by atoms with Crippen molar-refractivity contribution in [1.82, 2.24) is 0 Å². The van der Waals surface area contributed by atoms with Crippen molar-refractivity contribution < 1.29 is 12.8 Å². The summed E-state index contributed by atoms with van der Waals surface area (Å²) in [5, 5.41) is -0.752.